The standard InChI is InChI=1S/C22H23N3O2/c1-14-5-7-20(27-4)19(12-14)25-21-8-6-17(13-23-21)22(26)24-18-10-15(2)9-16(3)11-18/h5-13H,1-4H3,(H,23,25)(H,24,26). The van der Waals surface area contributed by atoms with Crippen LogP contribution < -0.4 is 15.4 Å². The molecule has 27 heavy (non-hydrogen) atoms. The molecule has 0 spiro atoms. The number of amides is 1. The zero-order chi connectivity index (χ0) is 19.4. The van der Waals surface area contributed by atoms with Gasteiger partial charge in [-0.05, 0) is 73.9 Å². The Kier molecular flexibility index (Phi) is 5.41. The first kappa shape index (κ1) is 18.5. The largest absolute Gasteiger partial charge is 0.495 e. The highest BCUT2D eigenvalue weighted by Crippen LogP contribution is 2.28. The smallest absolute Gasteiger partial charge is 0.257 e. The molecule has 0 unspecified atom stereocenters. The van der Waals surface area contributed by atoms with Crippen LogP contribution in [0.1, 0.15) is 27.0 Å². The number of hydrogen-bond donors (Lipinski definition) is 2. The van der Waals surface area contributed by atoms with Crippen molar-refractivity contribution in [3.8, 4) is 5.75 Å². The summed E-state index contributed by atoms with van der Waals surface area (Å²) in [6.07, 6.45) is 1.56. The van der Waals surface area contributed by atoms with Crippen molar-refractivity contribution >= 4 is 23.1 Å². The second kappa shape index (κ2) is 7.91. The summed E-state index contributed by atoms with van der Waals surface area (Å²) in [5.74, 6) is 1.19. The van der Waals surface area contributed by atoms with Crippen molar-refractivity contribution in [2.45, 2.75) is 20.8 Å². The fourth-order valence-corrected chi connectivity index (χ4v) is 2.91. The van der Waals surface area contributed by atoms with Gasteiger partial charge in [0.15, 0.2) is 0 Å². The van der Waals surface area contributed by atoms with Gasteiger partial charge >= 0.3 is 0 Å². The monoisotopic (exact) mass is 361 g/mol. The Hall–Kier alpha value is -3.34. The van der Waals surface area contributed by atoms with Crippen LogP contribution in [-0.2, 0) is 0 Å². The summed E-state index contributed by atoms with van der Waals surface area (Å²) in [5.41, 5.74) is 5.44. The Morgan fingerprint density at radius 1 is 0.926 bits per heavy atom. The van der Waals surface area contributed by atoms with E-state index in [0.717, 1.165) is 33.8 Å². The molecule has 0 aliphatic carbocycles. The van der Waals surface area contributed by atoms with Gasteiger partial charge in [0.1, 0.15) is 11.6 Å². The van der Waals surface area contributed by atoms with Crippen molar-refractivity contribution in [3.05, 3.63) is 77.0 Å². The molecule has 0 aliphatic rings. The number of ether oxygens (including phenoxy) is 1. The number of hydrogen-bond acceptors (Lipinski definition) is 4. The maximum atomic E-state index is 12.5. The fraction of sp³-hybridized carbons (Fsp3) is 0.182. The summed E-state index contributed by atoms with van der Waals surface area (Å²) in [7, 11) is 1.63. The van der Waals surface area contributed by atoms with Crippen molar-refractivity contribution in [2.75, 3.05) is 17.7 Å². The Morgan fingerprint density at radius 3 is 2.30 bits per heavy atom. The molecule has 0 bridgehead atoms. The second-order valence-electron chi connectivity index (χ2n) is 6.59. The lowest BCUT2D eigenvalue weighted by atomic mass is 10.1. The third-order valence-electron chi connectivity index (χ3n) is 4.12. The predicted molar refractivity (Wildman–Crippen MR) is 109 cm³/mol. The van der Waals surface area contributed by atoms with Crippen molar-refractivity contribution in [1.29, 1.82) is 0 Å². The van der Waals surface area contributed by atoms with Crippen LogP contribution in [0.3, 0.4) is 0 Å². The van der Waals surface area contributed by atoms with E-state index in [2.05, 4.69) is 21.7 Å². The molecule has 1 heterocycles. The molecule has 5 nitrogen and oxygen atoms in total. The minimum absolute atomic E-state index is 0.188. The van der Waals surface area contributed by atoms with Gasteiger partial charge in [0.2, 0.25) is 0 Å². The van der Waals surface area contributed by atoms with Gasteiger partial charge in [-0.1, -0.05) is 12.1 Å². The minimum Gasteiger partial charge on any atom is -0.495 e. The summed E-state index contributed by atoms with van der Waals surface area (Å²) in [5, 5.41) is 6.14. The predicted octanol–water partition coefficient (Wildman–Crippen LogP) is 5.01. The van der Waals surface area contributed by atoms with Gasteiger partial charge in [0.05, 0.1) is 18.4 Å². The molecule has 3 aromatic rings. The number of rotatable bonds is 5. The molecule has 2 N–H and O–H groups in total. The van der Waals surface area contributed by atoms with Crippen molar-refractivity contribution in [2.24, 2.45) is 0 Å². The molecule has 1 aromatic heterocycles. The lowest BCUT2D eigenvalue weighted by Crippen LogP contribution is -2.12. The molecule has 0 saturated carbocycles. The first-order chi connectivity index (χ1) is 12.9. The number of methoxy groups -OCH3 is 1. The number of carbonyl (C=O) groups excluding carboxylic acids is 1. The number of aryl methyl sites for hydroxylation is 3. The van der Waals surface area contributed by atoms with E-state index < -0.39 is 0 Å². The summed E-state index contributed by atoms with van der Waals surface area (Å²) < 4.78 is 5.37. The number of nitrogens with zero attached hydrogens (tertiary/aromatic N) is 1. The van der Waals surface area contributed by atoms with Gasteiger partial charge in [-0.3, -0.25) is 4.79 Å². The maximum Gasteiger partial charge on any atom is 0.257 e. The Balaban J connectivity index is 1.73. The molecule has 0 saturated heterocycles. The van der Waals surface area contributed by atoms with Gasteiger partial charge in [0.25, 0.3) is 5.91 Å². The second-order valence-corrected chi connectivity index (χ2v) is 6.59. The number of anilines is 3. The van der Waals surface area contributed by atoms with Crippen LogP contribution in [-0.4, -0.2) is 18.0 Å². The molecule has 0 radical (unpaired) electrons. The van der Waals surface area contributed by atoms with E-state index in [4.69, 9.17) is 4.74 Å². The zero-order valence-electron chi connectivity index (χ0n) is 16.0. The first-order valence-corrected chi connectivity index (χ1v) is 8.72. The molecule has 1 amide bonds. The molecule has 5 heteroatoms. The van der Waals surface area contributed by atoms with Gasteiger partial charge in [0, 0.05) is 11.9 Å². The summed E-state index contributed by atoms with van der Waals surface area (Å²) in [4.78, 5) is 16.8. The van der Waals surface area contributed by atoms with E-state index in [1.807, 2.05) is 51.1 Å². The number of nitrogens with one attached hydrogen (secondary N) is 2. The van der Waals surface area contributed by atoms with Crippen LogP contribution in [0.2, 0.25) is 0 Å². The minimum atomic E-state index is -0.188. The van der Waals surface area contributed by atoms with Crippen LogP contribution in [0, 0.1) is 20.8 Å². The number of pyridine rings is 1. The van der Waals surface area contributed by atoms with E-state index >= 15 is 0 Å². The van der Waals surface area contributed by atoms with Crippen molar-refractivity contribution < 1.29 is 9.53 Å². The lowest BCUT2D eigenvalue weighted by molar-refractivity contribution is 0.102. The topological polar surface area (TPSA) is 63.2 Å². The maximum absolute atomic E-state index is 12.5. The highest BCUT2D eigenvalue weighted by molar-refractivity contribution is 6.04. The highest BCUT2D eigenvalue weighted by Gasteiger charge is 2.09. The Morgan fingerprint density at radius 2 is 1.67 bits per heavy atom. The van der Waals surface area contributed by atoms with Crippen LogP contribution in [0.4, 0.5) is 17.2 Å². The molecule has 0 aliphatic heterocycles. The quantitative estimate of drug-likeness (QED) is 0.670. The van der Waals surface area contributed by atoms with Crippen LogP contribution in [0.5, 0.6) is 5.75 Å². The summed E-state index contributed by atoms with van der Waals surface area (Å²) in [6.45, 7) is 6.02. The Labute approximate surface area is 159 Å². The van der Waals surface area contributed by atoms with Gasteiger partial charge in [-0.2, -0.15) is 0 Å². The Bertz CT molecular complexity index is 946. The van der Waals surface area contributed by atoms with Crippen LogP contribution in [0.25, 0.3) is 0 Å². The zero-order valence-corrected chi connectivity index (χ0v) is 16.0. The highest BCUT2D eigenvalue weighted by atomic mass is 16.5. The lowest BCUT2D eigenvalue weighted by Gasteiger charge is -2.12. The summed E-state index contributed by atoms with van der Waals surface area (Å²) >= 11 is 0. The first-order valence-electron chi connectivity index (χ1n) is 8.72. The molecule has 2 aromatic carbocycles. The molecular formula is C22H23N3O2. The van der Waals surface area contributed by atoms with E-state index in [1.165, 1.54) is 0 Å². The average molecular weight is 361 g/mol. The summed E-state index contributed by atoms with van der Waals surface area (Å²) in [6, 6.07) is 15.4. The van der Waals surface area contributed by atoms with Crippen LogP contribution in [0.15, 0.2) is 54.7 Å². The SMILES string of the molecule is COc1ccc(C)cc1Nc1ccc(C(=O)Nc2cc(C)cc(C)c2)cn1. The fourth-order valence-electron chi connectivity index (χ4n) is 2.91. The third-order valence-corrected chi connectivity index (χ3v) is 4.12. The molecule has 0 fully saturated rings. The molecule has 3 rings (SSSR count). The third kappa shape index (κ3) is 4.64. The van der Waals surface area contributed by atoms with E-state index in [0.29, 0.717) is 11.4 Å². The van der Waals surface area contributed by atoms with E-state index in [9.17, 15) is 4.79 Å². The molecular weight excluding hydrogens is 338 g/mol. The number of carbonyl (C=O) groups is 1. The number of aromatic nitrogens is 1. The van der Waals surface area contributed by atoms with Crippen molar-refractivity contribution in [1.82, 2.24) is 4.98 Å². The number of benzene rings is 2. The van der Waals surface area contributed by atoms with E-state index in [1.54, 1.807) is 25.4 Å². The van der Waals surface area contributed by atoms with Crippen LogP contribution >= 0.6 is 0 Å². The van der Waals surface area contributed by atoms with Crippen molar-refractivity contribution in [3.63, 3.8) is 0 Å². The normalized spacial score (nSPS) is 10.4. The molecule has 138 valence electrons. The van der Waals surface area contributed by atoms with Gasteiger partial charge in [-0.15, -0.1) is 0 Å². The molecule has 0 atom stereocenters. The average Bonchev–Trinajstić information content (AvgIpc) is 2.61. The van der Waals surface area contributed by atoms with Gasteiger partial charge in [-0.25, -0.2) is 4.98 Å². The van der Waals surface area contributed by atoms with Gasteiger partial charge < -0.3 is 15.4 Å². The van der Waals surface area contributed by atoms with E-state index in [-0.39, 0.29) is 5.91 Å².